The molecule has 4 nitrogen and oxygen atoms in total. The molecule has 1 aromatic rings. The first-order chi connectivity index (χ1) is 9.63. The number of ether oxygens (including phenoxy) is 1. The molecule has 3 N–H and O–H groups in total. The van der Waals surface area contributed by atoms with E-state index in [1.165, 1.54) is 6.07 Å². The maximum atomic E-state index is 13.3. The Kier molecular flexibility index (Phi) is 8.37. The van der Waals surface area contributed by atoms with E-state index in [-0.39, 0.29) is 25.1 Å². The van der Waals surface area contributed by atoms with Gasteiger partial charge in [-0.25, -0.2) is 4.39 Å². The van der Waals surface area contributed by atoms with Gasteiger partial charge in [0, 0.05) is 18.7 Å². The predicted molar refractivity (Wildman–Crippen MR) is 75.8 cm³/mol. The van der Waals surface area contributed by atoms with Crippen LogP contribution >= 0.6 is 0 Å². The predicted octanol–water partition coefficient (Wildman–Crippen LogP) is 1.45. The van der Waals surface area contributed by atoms with Gasteiger partial charge in [-0.3, -0.25) is 0 Å². The van der Waals surface area contributed by atoms with Gasteiger partial charge in [0.2, 0.25) is 0 Å². The van der Waals surface area contributed by atoms with E-state index in [1.54, 1.807) is 18.2 Å². The number of hydrogen-bond donors (Lipinski definition) is 3. The number of aliphatic hydroxyl groups excluding tert-OH is 2. The van der Waals surface area contributed by atoms with Gasteiger partial charge in [-0.05, 0) is 12.5 Å². The van der Waals surface area contributed by atoms with E-state index in [1.807, 2.05) is 6.92 Å². The monoisotopic (exact) mass is 285 g/mol. The van der Waals surface area contributed by atoms with Crippen LogP contribution in [0.25, 0.3) is 0 Å². The van der Waals surface area contributed by atoms with Gasteiger partial charge in [-0.1, -0.05) is 31.5 Å². The van der Waals surface area contributed by atoms with Crippen LogP contribution in [0, 0.1) is 5.82 Å². The van der Waals surface area contributed by atoms with E-state index in [9.17, 15) is 14.6 Å². The van der Waals surface area contributed by atoms with Crippen LogP contribution in [-0.4, -0.2) is 42.1 Å². The maximum Gasteiger partial charge on any atom is 0.128 e. The second-order valence-corrected chi connectivity index (χ2v) is 4.86. The molecule has 2 unspecified atom stereocenters. The third-order valence-electron chi connectivity index (χ3n) is 2.91. The molecule has 0 aromatic heterocycles. The SMILES string of the molecule is CCCC(O)CNCC(O)COCc1ccccc1F. The summed E-state index contributed by atoms with van der Waals surface area (Å²) in [6.45, 7) is 3.08. The highest BCUT2D eigenvalue weighted by molar-refractivity contribution is 5.16. The normalized spacial score (nSPS) is 14.2. The molecule has 0 radical (unpaired) electrons. The van der Waals surface area contributed by atoms with Gasteiger partial charge >= 0.3 is 0 Å². The lowest BCUT2D eigenvalue weighted by Gasteiger charge is -2.14. The number of hydrogen-bond acceptors (Lipinski definition) is 4. The van der Waals surface area contributed by atoms with Crippen molar-refractivity contribution < 1.29 is 19.3 Å². The number of aliphatic hydroxyl groups is 2. The smallest absolute Gasteiger partial charge is 0.128 e. The fourth-order valence-corrected chi connectivity index (χ4v) is 1.83. The minimum Gasteiger partial charge on any atom is -0.392 e. The zero-order chi connectivity index (χ0) is 14.8. The van der Waals surface area contributed by atoms with Crippen molar-refractivity contribution in [2.24, 2.45) is 0 Å². The zero-order valence-electron chi connectivity index (χ0n) is 11.9. The highest BCUT2D eigenvalue weighted by Gasteiger charge is 2.07. The Morgan fingerprint density at radius 3 is 2.60 bits per heavy atom. The van der Waals surface area contributed by atoms with Crippen molar-refractivity contribution in [2.45, 2.75) is 38.6 Å². The topological polar surface area (TPSA) is 61.7 Å². The summed E-state index contributed by atoms with van der Waals surface area (Å²) in [7, 11) is 0. The molecular formula is C15H24FNO3. The van der Waals surface area contributed by atoms with Crippen LogP contribution in [0.15, 0.2) is 24.3 Å². The lowest BCUT2D eigenvalue weighted by Crippen LogP contribution is -2.35. The molecule has 0 saturated carbocycles. The van der Waals surface area contributed by atoms with Gasteiger partial charge in [0.05, 0.1) is 25.4 Å². The summed E-state index contributed by atoms with van der Waals surface area (Å²) < 4.78 is 18.6. The van der Waals surface area contributed by atoms with Gasteiger partial charge in [0.1, 0.15) is 5.82 Å². The van der Waals surface area contributed by atoms with Crippen LogP contribution < -0.4 is 5.32 Å². The Labute approximate surface area is 119 Å². The molecule has 0 spiro atoms. The minimum absolute atomic E-state index is 0.130. The summed E-state index contributed by atoms with van der Waals surface area (Å²) in [5.41, 5.74) is 0.478. The largest absolute Gasteiger partial charge is 0.392 e. The van der Waals surface area contributed by atoms with Crippen molar-refractivity contribution >= 4 is 0 Å². The summed E-state index contributed by atoms with van der Waals surface area (Å²) >= 11 is 0. The van der Waals surface area contributed by atoms with Gasteiger partial charge in [0.25, 0.3) is 0 Å². The Bertz CT molecular complexity index is 376. The highest BCUT2D eigenvalue weighted by atomic mass is 19.1. The molecule has 5 heteroatoms. The summed E-state index contributed by atoms with van der Waals surface area (Å²) in [5, 5.41) is 22.2. The molecule has 0 fully saturated rings. The molecule has 0 heterocycles. The van der Waals surface area contributed by atoms with E-state index >= 15 is 0 Å². The fraction of sp³-hybridized carbons (Fsp3) is 0.600. The molecule has 0 aliphatic rings. The van der Waals surface area contributed by atoms with Crippen LogP contribution in [0.2, 0.25) is 0 Å². The van der Waals surface area contributed by atoms with Gasteiger partial charge in [-0.15, -0.1) is 0 Å². The van der Waals surface area contributed by atoms with Crippen LogP contribution in [0.5, 0.6) is 0 Å². The number of rotatable bonds is 10. The van der Waals surface area contributed by atoms with Crippen LogP contribution in [0.1, 0.15) is 25.3 Å². The maximum absolute atomic E-state index is 13.3. The molecule has 114 valence electrons. The third kappa shape index (κ3) is 6.96. The molecular weight excluding hydrogens is 261 g/mol. The molecule has 1 aromatic carbocycles. The number of halogens is 1. The molecule has 0 amide bonds. The Balaban J connectivity index is 2.11. The number of nitrogens with one attached hydrogen (secondary N) is 1. The summed E-state index contributed by atoms with van der Waals surface area (Å²) in [6.07, 6.45) is 0.617. The molecule has 0 aliphatic heterocycles. The molecule has 0 bridgehead atoms. The zero-order valence-corrected chi connectivity index (χ0v) is 11.9. The Morgan fingerprint density at radius 2 is 1.90 bits per heavy atom. The molecule has 20 heavy (non-hydrogen) atoms. The van der Waals surface area contributed by atoms with Crippen LogP contribution in [0.3, 0.4) is 0 Å². The average molecular weight is 285 g/mol. The van der Waals surface area contributed by atoms with Crippen LogP contribution in [0.4, 0.5) is 4.39 Å². The third-order valence-corrected chi connectivity index (χ3v) is 2.91. The van der Waals surface area contributed by atoms with Crippen molar-refractivity contribution in [1.29, 1.82) is 0 Å². The quantitative estimate of drug-likeness (QED) is 0.609. The standard InChI is InChI=1S/C15H24FNO3/c1-2-5-13(18)8-17-9-14(19)11-20-10-12-6-3-4-7-15(12)16/h3-4,6-7,13-14,17-19H,2,5,8-11H2,1H3. The van der Waals surface area contributed by atoms with Crippen molar-refractivity contribution in [2.75, 3.05) is 19.7 Å². The van der Waals surface area contributed by atoms with E-state index in [4.69, 9.17) is 4.74 Å². The molecule has 0 saturated heterocycles. The van der Waals surface area contributed by atoms with E-state index in [0.717, 1.165) is 12.8 Å². The van der Waals surface area contributed by atoms with Gasteiger partial charge in [-0.2, -0.15) is 0 Å². The molecule has 2 atom stereocenters. The van der Waals surface area contributed by atoms with Gasteiger partial charge in [0.15, 0.2) is 0 Å². The van der Waals surface area contributed by atoms with Crippen molar-refractivity contribution in [3.8, 4) is 0 Å². The Hall–Kier alpha value is -1.01. The first-order valence-electron chi connectivity index (χ1n) is 7.01. The Morgan fingerprint density at radius 1 is 1.20 bits per heavy atom. The first-order valence-corrected chi connectivity index (χ1v) is 7.01. The van der Waals surface area contributed by atoms with E-state index in [0.29, 0.717) is 18.7 Å². The van der Waals surface area contributed by atoms with E-state index < -0.39 is 6.10 Å². The number of benzene rings is 1. The first kappa shape index (κ1) is 17.0. The lowest BCUT2D eigenvalue weighted by atomic mass is 10.2. The van der Waals surface area contributed by atoms with E-state index in [2.05, 4.69) is 5.32 Å². The fourth-order valence-electron chi connectivity index (χ4n) is 1.83. The highest BCUT2D eigenvalue weighted by Crippen LogP contribution is 2.07. The molecule has 1 rings (SSSR count). The lowest BCUT2D eigenvalue weighted by molar-refractivity contribution is 0.0263. The second-order valence-electron chi connectivity index (χ2n) is 4.86. The summed E-state index contributed by atoms with van der Waals surface area (Å²) in [6, 6.07) is 6.40. The second kappa shape index (κ2) is 9.83. The average Bonchev–Trinajstić information content (AvgIpc) is 2.41. The van der Waals surface area contributed by atoms with Crippen molar-refractivity contribution in [3.63, 3.8) is 0 Å². The minimum atomic E-state index is -0.671. The van der Waals surface area contributed by atoms with Crippen LogP contribution in [-0.2, 0) is 11.3 Å². The van der Waals surface area contributed by atoms with Crippen molar-refractivity contribution in [3.05, 3.63) is 35.6 Å². The van der Waals surface area contributed by atoms with Crippen molar-refractivity contribution in [1.82, 2.24) is 5.32 Å². The summed E-state index contributed by atoms with van der Waals surface area (Å²) in [4.78, 5) is 0. The van der Waals surface area contributed by atoms with Gasteiger partial charge < -0.3 is 20.3 Å². The molecule has 0 aliphatic carbocycles. The summed E-state index contributed by atoms with van der Waals surface area (Å²) in [5.74, 6) is -0.303.